The number of phenolic OH excluding ortho intramolecular Hbond substituents is 1. The smallest absolute Gasteiger partial charge is 0.338 e. The van der Waals surface area contributed by atoms with Gasteiger partial charge in [-0.2, -0.15) is 0 Å². The van der Waals surface area contributed by atoms with Crippen LogP contribution in [0.3, 0.4) is 0 Å². The highest BCUT2D eigenvalue weighted by Gasteiger charge is 2.71. The summed E-state index contributed by atoms with van der Waals surface area (Å²) in [6, 6.07) is 5.76. The number of aliphatic hydroxyl groups excluding tert-OH is 3. The molecule has 0 bridgehead atoms. The van der Waals surface area contributed by atoms with Gasteiger partial charge in [-0.1, -0.05) is 27.7 Å². The zero-order valence-corrected chi connectivity index (χ0v) is 28.0. The van der Waals surface area contributed by atoms with Crippen molar-refractivity contribution in [1.82, 2.24) is 0 Å². The Kier molecular flexibility index (Phi) is 7.99. The summed E-state index contributed by atoms with van der Waals surface area (Å²) >= 11 is 0. The Bertz CT molecular complexity index is 1360. The minimum absolute atomic E-state index is 0.0269. The minimum atomic E-state index is -1.33. The molecule has 9 nitrogen and oxygen atoms in total. The van der Waals surface area contributed by atoms with Crippen molar-refractivity contribution < 1.29 is 45.0 Å². The molecule has 0 radical (unpaired) electrons. The fourth-order valence-corrected chi connectivity index (χ4v) is 12.6. The van der Waals surface area contributed by atoms with E-state index in [2.05, 4.69) is 20.8 Å². The summed E-state index contributed by atoms with van der Waals surface area (Å²) in [6.07, 6.45) is 3.31. The van der Waals surface area contributed by atoms with Crippen LogP contribution in [-0.2, 0) is 9.53 Å². The van der Waals surface area contributed by atoms with Crippen molar-refractivity contribution in [3.8, 4) is 5.75 Å². The number of fused-ring (bicyclic) bond motifs is 6. The number of aliphatic carboxylic acids is 1. The number of aromatic hydroxyl groups is 1. The van der Waals surface area contributed by atoms with E-state index in [9.17, 15) is 40.2 Å². The van der Waals surface area contributed by atoms with Crippen LogP contribution in [0.15, 0.2) is 24.3 Å². The quantitative estimate of drug-likeness (QED) is 0.250. The summed E-state index contributed by atoms with van der Waals surface area (Å²) < 4.78 is 5.98. The summed E-state index contributed by atoms with van der Waals surface area (Å²) in [5.41, 5.74) is -4.30. The zero-order valence-electron chi connectivity index (χ0n) is 28.0. The van der Waals surface area contributed by atoms with Gasteiger partial charge < -0.3 is 35.4 Å². The zero-order chi connectivity index (χ0) is 33.7. The van der Waals surface area contributed by atoms with Crippen LogP contribution in [0.1, 0.15) is 109 Å². The number of hydrogen-bond donors (Lipinski definition) is 6. The fourth-order valence-electron chi connectivity index (χ4n) is 12.6. The molecule has 6 rings (SSSR count). The number of hydrogen-bond acceptors (Lipinski definition) is 8. The lowest BCUT2D eigenvalue weighted by Crippen LogP contribution is -2.68. The van der Waals surface area contributed by atoms with E-state index in [4.69, 9.17) is 4.74 Å². The van der Waals surface area contributed by atoms with Crippen molar-refractivity contribution in [3.05, 3.63) is 29.8 Å². The fraction of sp³-hybridized carbons (Fsp3) is 0.784. The molecule has 46 heavy (non-hydrogen) atoms. The average molecular weight is 643 g/mol. The first-order valence-corrected chi connectivity index (χ1v) is 17.3. The van der Waals surface area contributed by atoms with Gasteiger partial charge in [-0.3, -0.25) is 4.79 Å². The molecule has 0 spiro atoms. The van der Waals surface area contributed by atoms with Crippen molar-refractivity contribution in [1.29, 1.82) is 0 Å². The van der Waals surface area contributed by atoms with Crippen LogP contribution >= 0.6 is 0 Å². The van der Waals surface area contributed by atoms with E-state index in [-0.39, 0.29) is 52.4 Å². The number of rotatable bonds is 4. The maximum Gasteiger partial charge on any atom is 0.338 e. The second-order valence-electron chi connectivity index (χ2n) is 17.2. The Morgan fingerprint density at radius 2 is 1.41 bits per heavy atom. The van der Waals surface area contributed by atoms with Crippen LogP contribution < -0.4 is 0 Å². The third kappa shape index (κ3) is 4.54. The van der Waals surface area contributed by atoms with Crippen molar-refractivity contribution in [2.24, 2.45) is 50.7 Å². The van der Waals surface area contributed by atoms with Gasteiger partial charge in [-0.05, 0) is 135 Å². The normalized spacial score (nSPS) is 50.2. The number of carboxylic acids is 1. The number of benzene rings is 1. The SMILES string of the molecule is C[C@@]12CC[C@@H]3[C@](C)(CC[C@H](OC(=O)c4ccc(O)cc4)[C@]3(C)C(=O)O)[C@H]1CC[C@H]1[C@@]3(C)CC[C@@H](O)[C@](C)(CO)[C@@H]3C[C@H](O)[C@@]1(O)C2. The van der Waals surface area contributed by atoms with Crippen LogP contribution in [0.25, 0.3) is 0 Å². The van der Waals surface area contributed by atoms with Crippen molar-refractivity contribution in [2.75, 3.05) is 6.61 Å². The van der Waals surface area contributed by atoms with Crippen LogP contribution in [0.4, 0.5) is 0 Å². The Hall–Kier alpha value is -2.20. The van der Waals surface area contributed by atoms with E-state index in [1.165, 1.54) is 24.3 Å². The molecule has 256 valence electrons. The number of ether oxygens (including phenoxy) is 1. The number of carboxylic acid groups (broad SMARTS) is 1. The topological polar surface area (TPSA) is 165 Å². The summed E-state index contributed by atoms with van der Waals surface area (Å²) in [7, 11) is 0. The van der Waals surface area contributed by atoms with Gasteiger partial charge >= 0.3 is 11.9 Å². The highest BCUT2D eigenvalue weighted by molar-refractivity contribution is 5.90. The van der Waals surface area contributed by atoms with Crippen LogP contribution in [0.5, 0.6) is 5.75 Å². The monoisotopic (exact) mass is 642 g/mol. The average Bonchev–Trinajstić information content (AvgIpc) is 3.13. The molecule has 5 aliphatic rings. The van der Waals surface area contributed by atoms with Gasteiger partial charge in [0.1, 0.15) is 17.3 Å². The summed E-state index contributed by atoms with van der Waals surface area (Å²) in [6.45, 7) is 10.1. The number of aliphatic hydroxyl groups is 4. The first kappa shape index (κ1) is 33.7. The largest absolute Gasteiger partial charge is 0.508 e. The molecule has 5 saturated carbocycles. The van der Waals surface area contributed by atoms with Crippen LogP contribution in [0, 0.1) is 50.7 Å². The maximum absolute atomic E-state index is 13.2. The highest BCUT2D eigenvalue weighted by Crippen LogP contribution is 2.72. The molecule has 0 saturated heterocycles. The van der Waals surface area contributed by atoms with E-state index in [1.54, 1.807) is 6.92 Å². The molecule has 13 atom stereocenters. The van der Waals surface area contributed by atoms with Crippen LogP contribution in [-0.4, -0.2) is 73.1 Å². The molecule has 0 aromatic heterocycles. The molecule has 1 aromatic carbocycles. The Labute approximate surface area is 272 Å². The maximum atomic E-state index is 13.2. The molecule has 5 aliphatic carbocycles. The lowest BCUT2D eigenvalue weighted by molar-refractivity contribution is -0.259. The minimum Gasteiger partial charge on any atom is -0.508 e. The third-order valence-corrected chi connectivity index (χ3v) is 15.1. The van der Waals surface area contributed by atoms with Gasteiger partial charge in [0.05, 0.1) is 30.0 Å². The highest BCUT2D eigenvalue weighted by atomic mass is 16.5. The first-order chi connectivity index (χ1) is 21.4. The van der Waals surface area contributed by atoms with E-state index < -0.39 is 52.1 Å². The molecular formula is C37H54O9. The van der Waals surface area contributed by atoms with E-state index in [0.717, 1.165) is 6.42 Å². The molecule has 0 aliphatic heterocycles. The van der Waals surface area contributed by atoms with E-state index >= 15 is 0 Å². The molecule has 0 unspecified atom stereocenters. The summed E-state index contributed by atoms with van der Waals surface area (Å²) in [5, 5.41) is 66.4. The Balaban J connectivity index is 1.33. The molecule has 5 fully saturated rings. The van der Waals surface area contributed by atoms with Crippen molar-refractivity contribution >= 4 is 11.9 Å². The van der Waals surface area contributed by atoms with Crippen LogP contribution in [0.2, 0.25) is 0 Å². The Morgan fingerprint density at radius 3 is 2.04 bits per heavy atom. The van der Waals surface area contributed by atoms with Gasteiger partial charge in [0, 0.05) is 5.41 Å². The first-order valence-electron chi connectivity index (χ1n) is 17.3. The molecule has 6 N–H and O–H groups in total. The predicted octanol–water partition coefficient (Wildman–Crippen LogP) is 4.91. The molecular weight excluding hydrogens is 588 g/mol. The van der Waals surface area contributed by atoms with Crippen molar-refractivity contribution in [2.45, 2.75) is 123 Å². The molecule has 9 heteroatoms. The van der Waals surface area contributed by atoms with Gasteiger partial charge in [0.25, 0.3) is 0 Å². The number of esters is 1. The summed E-state index contributed by atoms with van der Waals surface area (Å²) in [5.74, 6) is -2.14. The second kappa shape index (κ2) is 10.9. The lowest BCUT2D eigenvalue weighted by atomic mass is 9.41. The standard InChI is InChI=1S/C37H54O9/c1-32-15-12-24-33(2,17-14-29(36(24,5)31(43)44)46-30(42)21-6-8-22(39)9-7-21)23(32)10-11-25-34(3)16-13-27(40)35(4,20-38)26(34)18-28(41)37(25,45)19-32/h6-9,23-29,38-41,45H,10-20H2,1-5H3,(H,43,44)/t23-,24+,25-,26+,27+,28-,29-,32-,33+,34+,35+,36+,37+/m0/s1. The molecule has 0 amide bonds. The predicted molar refractivity (Wildman–Crippen MR) is 170 cm³/mol. The van der Waals surface area contributed by atoms with Gasteiger partial charge in [-0.25, -0.2) is 4.79 Å². The van der Waals surface area contributed by atoms with E-state index in [1.807, 2.05) is 6.92 Å². The van der Waals surface area contributed by atoms with Gasteiger partial charge in [0.15, 0.2) is 0 Å². The number of phenols is 1. The second-order valence-corrected chi connectivity index (χ2v) is 17.2. The molecule has 1 aromatic rings. The third-order valence-electron chi connectivity index (χ3n) is 15.1. The number of carbonyl (C=O) groups is 2. The molecule has 0 heterocycles. The van der Waals surface area contributed by atoms with Crippen molar-refractivity contribution in [3.63, 3.8) is 0 Å². The number of carbonyl (C=O) groups excluding carboxylic acids is 1. The Morgan fingerprint density at radius 1 is 0.804 bits per heavy atom. The summed E-state index contributed by atoms with van der Waals surface area (Å²) in [4.78, 5) is 26.4. The van der Waals surface area contributed by atoms with Gasteiger partial charge in [-0.15, -0.1) is 0 Å². The van der Waals surface area contributed by atoms with Gasteiger partial charge in [0.2, 0.25) is 0 Å². The lowest BCUT2D eigenvalue weighted by Gasteiger charge is -2.65. The van der Waals surface area contributed by atoms with E-state index in [0.29, 0.717) is 57.8 Å².